The van der Waals surface area contributed by atoms with Gasteiger partial charge >= 0.3 is 12.1 Å². The molecule has 0 aliphatic carbocycles. The molecule has 0 spiro atoms. The van der Waals surface area contributed by atoms with Gasteiger partial charge in [-0.05, 0) is 86.2 Å². The van der Waals surface area contributed by atoms with E-state index in [0.717, 1.165) is 16.7 Å². The van der Waals surface area contributed by atoms with Gasteiger partial charge in [-0.1, -0.05) is 74.3 Å². The Labute approximate surface area is 293 Å². The molecule has 11 heteroatoms. The molecular weight excluding hydrogens is 651 g/mol. The van der Waals surface area contributed by atoms with Gasteiger partial charge in [0.1, 0.15) is 11.4 Å². The van der Waals surface area contributed by atoms with Gasteiger partial charge in [-0.2, -0.15) is 0 Å². The molecule has 0 bridgehead atoms. The Morgan fingerprint density at radius 1 is 0.750 bits per heavy atom. The lowest BCUT2D eigenvalue weighted by Crippen LogP contribution is -2.55. The molecule has 1 saturated heterocycles. The monoisotopic (exact) mass is 696 g/mol. The van der Waals surface area contributed by atoms with Crippen molar-refractivity contribution in [3.63, 3.8) is 0 Å². The fourth-order valence-electron chi connectivity index (χ4n) is 5.37. The summed E-state index contributed by atoms with van der Waals surface area (Å²) in [5.41, 5.74) is 2.12. The summed E-state index contributed by atoms with van der Waals surface area (Å²) in [6, 6.07) is 18.1. The minimum atomic E-state index is -0.722. The molecule has 0 aromatic heterocycles. The predicted molar refractivity (Wildman–Crippen MR) is 190 cm³/mol. The van der Waals surface area contributed by atoms with Crippen molar-refractivity contribution in [1.29, 1.82) is 0 Å². The number of hydrogen-bond acceptors (Lipinski definition) is 5. The topological polar surface area (TPSA) is 100 Å². The van der Waals surface area contributed by atoms with Crippen molar-refractivity contribution in [2.45, 2.75) is 71.6 Å². The molecule has 3 aromatic rings. The maximum absolute atomic E-state index is 14.1. The summed E-state index contributed by atoms with van der Waals surface area (Å²) < 4.78 is 11.5. The number of urea groups is 1. The summed E-state index contributed by atoms with van der Waals surface area (Å²) >= 11 is 12.5. The number of rotatable bonds is 8. The van der Waals surface area contributed by atoms with Crippen molar-refractivity contribution in [3.05, 3.63) is 99.0 Å². The third kappa shape index (κ3) is 9.80. The van der Waals surface area contributed by atoms with Gasteiger partial charge in [0.25, 0.3) is 5.91 Å². The summed E-state index contributed by atoms with van der Waals surface area (Å²) in [5, 5.41) is 7.44. The molecule has 2 N–H and O–H groups in total. The summed E-state index contributed by atoms with van der Waals surface area (Å²) in [5.74, 6) is 0.116. The number of carbonyl (C=O) groups is 3. The van der Waals surface area contributed by atoms with Crippen LogP contribution in [0.15, 0.2) is 66.7 Å². The van der Waals surface area contributed by atoms with Gasteiger partial charge in [0.2, 0.25) is 0 Å². The molecule has 258 valence electrons. The largest absolute Gasteiger partial charge is 0.493 e. The predicted octanol–water partition coefficient (Wildman–Crippen LogP) is 8.16. The van der Waals surface area contributed by atoms with Crippen molar-refractivity contribution >= 4 is 41.2 Å². The van der Waals surface area contributed by atoms with Crippen LogP contribution in [0.5, 0.6) is 5.75 Å². The van der Waals surface area contributed by atoms with Crippen LogP contribution in [0, 0.1) is 0 Å². The number of ether oxygens (including phenoxy) is 2. The first-order valence-electron chi connectivity index (χ1n) is 16.2. The first-order chi connectivity index (χ1) is 22.6. The third-order valence-corrected chi connectivity index (χ3v) is 8.47. The van der Waals surface area contributed by atoms with Crippen LogP contribution < -0.4 is 15.4 Å². The van der Waals surface area contributed by atoms with Crippen LogP contribution in [0.3, 0.4) is 0 Å². The van der Waals surface area contributed by atoms with Crippen LogP contribution >= 0.6 is 23.2 Å². The van der Waals surface area contributed by atoms with Crippen molar-refractivity contribution in [3.8, 4) is 5.75 Å². The van der Waals surface area contributed by atoms with E-state index >= 15 is 0 Å². The molecule has 1 heterocycles. The van der Waals surface area contributed by atoms with Crippen LogP contribution in [0.4, 0.5) is 9.59 Å². The average molecular weight is 698 g/mol. The highest BCUT2D eigenvalue weighted by Gasteiger charge is 2.33. The van der Waals surface area contributed by atoms with Crippen LogP contribution in [0.1, 0.15) is 87.6 Å². The number of nitrogens with zero attached hydrogens (tertiary/aromatic N) is 2. The highest BCUT2D eigenvalue weighted by molar-refractivity contribution is 6.30. The van der Waals surface area contributed by atoms with Gasteiger partial charge in [-0.3, -0.25) is 4.79 Å². The average Bonchev–Trinajstić information content (AvgIpc) is 3.02. The van der Waals surface area contributed by atoms with Gasteiger partial charge in [0, 0.05) is 36.2 Å². The van der Waals surface area contributed by atoms with Crippen molar-refractivity contribution < 1.29 is 23.9 Å². The highest BCUT2D eigenvalue weighted by atomic mass is 35.5. The van der Waals surface area contributed by atoms with Crippen molar-refractivity contribution in [2.75, 3.05) is 32.8 Å². The highest BCUT2D eigenvalue weighted by Crippen LogP contribution is 2.33. The Hall–Kier alpha value is -3.95. The number of benzene rings is 3. The zero-order valence-corrected chi connectivity index (χ0v) is 30.2. The van der Waals surface area contributed by atoms with Crippen LogP contribution in [0.25, 0.3) is 0 Å². The molecule has 48 heavy (non-hydrogen) atoms. The van der Waals surface area contributed by atoms with Gasteiger partial charge in [0.15, 0.2) is 0 Å². The molecule has 0 unspecified atom stereocenters. The first-order valence-corrected chi connectivity index (χ1v) is 16.9. The number of hydrogen-bond donors (Lipinski definition) is 2. The lowest BCUT2D eigenvalue weighted by atomic mass is 9.86. The smallest absolute Gasteiger partial charge is 0.410 e. The van der Waals surface area contributed by atoms with E-state index in [2.05, 4.69) is 31.4 Å². The van der Waals surface area contributed by atoms with E-state index in [0.29, 0.717) is 54.1 Å². The molecule has 0 saturated carbocycles. The summed E-state index contributed by atoms with van der Waals surface area (Å²) in [6.45, 7) is 15.3. The van der Waals surface area contributed by atoms with Crippen LogP contribution in [-0.2, 0) is 10.2 Å². The van der Waals surface area contributed by atoms with Gasteiger partial charge < -0.3 is 29.9 Å². The minimum Gasteiger partial charge on any atom is -0.493 e. The summed E-state index contributed by atoms with van der Waals surface area (Å²) in [4.78, 5) is 43.9. The Balaban J connectivity index is 1.66. The van der Waals surface area contributed by atoms with E-state index < -0.39 is 23.8 Å². The van der Waals surface area contributed by atoms with E-state index in [1.165, 1.54) is 0 Å². The molecule has 0 radical (unpaired) electrons. The second-order valence-electron chi connectivity index (χ2n) is 13.8. The molecule has 1 aliphatic rings. The fraction of sp³-hybridized carbons (Fsp3) is 0.432. The number of carbonyl (C=O) groups excluding carboxylic acids is 3. The molecule has 4 amide bonds. The number of nitrogens with one attached hydrogen (secondary N) is 2. The molecule has 3 aromatic carbocycles. The van der Waals surface area contributed by atoms with Gasteiger partial charge in [0.05, 0.1) is 24.3 Å². The summed E-state index contributed by atoms with van der Waals surface area (Å²) in [7, 11) is 0. The van der Waals surface area contributed by atoms with E-state index in [1.54, 1.807) is 40.1 Å². The Kier molecular flexibility index (Phi) is 11.9. The zero-order valence-electron chi connectivity index (χ0n) is 28.7. The molecule has 1 aliphatic heterocycles. The maximum Gasteiger partial charge on any atom is 0.410 e. The molecule has 1 fully saturated rings. The Morgan fingerprint density at radius 3 is 1.73 bits per heavy atom. The van der Waals surface area contributed by atoms with E-state index in [-0.39, 0.29) is 17.4 Å². The van der Waals surface area contributed by atoms with E-state index in [4.69, 9.17) is 32.7 Å². The standard InChI is InChI=1S/C37H46Cl2N4O5/c1-8-47-30-23-26(36(2,3)4)13-18-29(30)33(44)40-31(24-9-14-27(38)15-10-24)32(25-11-16-28(39)17-12-25)41-34(45)42-19-21-43(22-20-42)35(46)48-37(5,6)7/h9-18,23,31-32H,8,19-22H2,1-7H3,(H,40,44)(H,41,45)/t31-,32+/m0/s1. The van der Waals surface area contributed by atoms with Crippen molar-refractivity contribution in [1.82, 2.24) is 20.4 Å². The molecule has 4 rings (SSSR count). The fourth-order valence-corrected chi connectivity index (χ4v) is 5.62. The second-order valence-corrected chi connectivity index (χ2v) is 14.7. The zero-order chi connectivity index (χ0) is 35.2. The first kappa shape index (κ1) is 36.9. The second kappa shape index (κ2) is 15.5. The normalized spacial score (nSPS) is 14.9. The molecule has 9 nitrogen and oxygen atoms in total. The van der Waals surface area contributed by atoms with Gasteiger partial charge in [-0.25, -0.2) is 9.59 Å². The SMILES string of the molecule is CCOc1cc(C(C)(C)C)ccc1C(=O)N[C@@H](c1ccc(Cl)cc1)[C@H](NC(=O)N1CCN(C(=O)OC(C)(C)C)CC1)c1ccc(Cl)cc1. The van der Waals surface area contributed by atoms with Crippen LogP contribution in [-0.4, -0.2) is 66.2 Å². The Bertz CT molecular complexity index is 1580. The number of amides is 4. The van der Waals surface area contributed by atoms with E-state index in [1.807, 2.05) is 64.1 Å². The van der Waals surface area contributed by atoms with Gasteiger partial charge in [-0.15, -0.1) is 0 Å². The number of piperazine rings is 1. The molecular formula is C37H46Cl2N4O5. The summed E-state index contributed by atoms with van der Waals surface area (Å²) in [6.07, 6.45) is -0.408. The van der Waals surface area contributed by atoms with Crippen molar-refractivity contribution in [2.24, 2.45) is 0 Å². The minimum absolute atomic E-state index is 0.144. The lowest BCUT2D eigenvalue weighted by Gasteiger charge is -2.37. The third-order valence-electron chi connectivity index (χ3n) is 7.97. The lowest BCUT2D eigenvalue weighted by molar-refractivity contribution is 0.0169. The molecule has 2 atom stereocenters. The quantitative estimate of drug-likeness (QED) is 0.248. The number of halogens is 2. The van der Waals surface area contributed by atoms with Crippen LogP contribution in [0.2, 0.25) is 10.0 Å². The maximum atomic E-state index is 14.1. The Morgan fingerprint density at radius 2 is 1.25 bits per heavy atom. The van der Waals surface area contributed by atoms with E-state index in [9.17, 15) is 14.4 Å².